The first-order valence-corrected chi connectivity index (χ1v) is 12.9. The number of hydrogen-bond donors (Lipinski definition) is 0. The van der Waals surface area contributed by atoms with Crippen LogP contribution in [-0.4, -0.2) is 76.5 Å². The lowest BCUT2D eigenvalue weighted by Gasteiger charge is -2.48. The van der Waals surface area contributed by atoms with Gasteiger partial charge in [-0.05, 0) is 49.2 Å². The lowest BCUT2D eigenvalue weighted by atomic mass is 9.75. The molecule has 0 spiro atoms. The number of thiocarbonyl (C=S) groups is 1. The van der Waals surface area contributed by atoms with E-state index in [1.165, 1.54) is 9.80 Å². The third kappa shape index (κ3) is 4.04. The Bertz CT molecular complexity index is 1250. The van der Waals surface area contributed by atoms with Gasteiger partial charge in [0.15, 0.2) is 5.11 Å². The molecule has 0 N–H and O–H groups in total. The number of rotatable bonds is 6. The molecule has 3 aliphatic rings. The van der Waals surface area contributed by atoms with Crippen LogP contribution < -0.4 is 10.3 Å². The van der Waals surface area contributed by atoms with E-state index in [0.29, 0.717) is 25.4 Å². The summed E-state index contributed by atoms with van der Waals surface area (Å²) in [6.45, 7) is 4.77. The van der Waals surface area contributed by atoms with Crippen molar-refractivity contribution in [3.8, 4) is 5.75 Å². The van der Waals surface area contributed by atoms with Crippen molar-refractivity contribution >= 4 is 29.1 Å². The maximum Gasteiger partial charge on any atom is 0.250 e. The number of carbonyl (C=O) groups is 2. The van der Waals surface area contributed by atoms with E-state index in [2.05, 4.69) is 4.90 Å². The smallest absolute Gasteiger partial charge is 0.250 e. The van der Waals surface area contributed by atoms with Crippen molar-refractivity contribution in [1.29, 1.82) is 0 Å². The molecule has 1 aromatic carbocycles. The number of ether oxygens (including phenoxy) is 1. The largest absolute Gasteiger partial charge is 0.494 e. The second-order valence-corrected chi connectivity index (χ2v) is 10.6. The highest BCUT2D eigenvalue weighted by molar-refractivity contribution is 7.80. The first-order valence-electron chi connectivity index (χ1n) is 12.5. The molecule has 36 heavy (non-hydrogen) atoms. The number of aromatic nitrogens is 1. The molecule has 3 aliphatic heterocycles. The Balaban J connectivity index is 1.52. The molecule has 0 unspecified atom stereocenters. The van der Waals surface area contributed by atoms with E-state index < -0.39 is 5.41 Å². The second-order valence-electron chi connectivity index (χ2n) is 10.2. The van der Waals surface area contributed by atoms with Crippen LogP contribution in [0.1, 0.15) is 30.5 Å². The van der Waals surface area contributed by atoms with Crippen LogP contribution in [-0.2, 0) is 22.6 Å². The summed E-state index contributed by atoms with van der Waals surface area (Å²) in [5.41, 5.74) is 0.566. The Hall–Kier alpha value is -3.04. The fourth-order valence-corrected chi connectivity index (χ4v) is 6.42. The zero-order valence-corrected chi connectivity index (χ0v) is 21.8. The fraction of sp³-hybridized carbons (Fsp3) is 0.481. The quantitative estimate of drug-likeness (QED) is 0.440. The first kappa shape index (κ1) is 24.6. The number of amides is 2. The summed E-state index contributed by atoms with van der Waals surface area (Å²) in [6, 6.07) is 13.1. The minimum absolute atomic E-state index is 0.0362. The average Bonchev–Trinajstić information content (AvgIpc) is 2.87. The molecule has 2 amide bonds. The predicted octanol–water partition coefficient (Wildman–Crippen LogP) is 2.11. The van der Waals surface area contributed by atoms with Crippen molar-refractivity contribution in [2.45, 2.75) is 32.2 Å². The molecule has 2 fully saturated rings. The molecule has 1 aromatic heterocycles. The number of pyridine rings is 1. The fourth-order valence-electron chi connectivity index (χ4n) is 6.25. The monoisotopic (exact) mass is 508 g/mol. The van der Waals surface area contributed by atoms with Crippen LogP contribution >= 0.6 is 12.2 Å². The zero-order valence-electron chi connectivity index (χ0n) is 21.0. The molecule has 0 aliphatic carbocycles. The Morgan fingerprint density at radius 1 is 0.972 bits per heavy atom. The summed E-state index contributed by atoms with van der Waals surface area (Å²) in [4.78, 5) is 45.4. The average molecular weight is 509 g/mol. The van der Waals surface area contributed by atoms with Gasteiger partial charge >= 0.3 is 0 Å². The van der Waals surface area contributed by atoms with Crippen LogP contribution in [0.3, 0.4) is 0 Å². The Morgan fingerprint density at radius 3 is 2.42 bits per heavy atom. The number of piperidine rings is 1. The van der Waals surface area contributed by atoms with Crippen molar-refractivity contribution in [3.05, 3.63) is 64.1 Å². The zero-order chi connectivity index (χ0) is 25.6. The maximum atomic E-state index is 13.9. The van der Waals surface area contributed by atoms with Gasteiger partial charge in [-0.25, -0.2) is 0 Å². The van der Waals surface area contributed by atoms with Crippen LogP contribution in [0.4, 0.5) is 0 Å². The minimum atomic E-state index is -1.33. The second kappa shape index (κ2) is 9.44. The molecule has 4 heterocycles. The number of hydrogen-bond acceptors (Lipinski definition) is 6. The standard InChI is InChI=1S/C27H32N4O4S/c1-4-35-22-10-6-5-8-19(22)13-27(24(33)28(2)26(36)29(3)25(27)34)17-30-14-18-12-20(16-30)21-9-7-11-23(32)31(21)15-18/h5-11,18,20H,4,12-17H2,1-3H3/t18-,20+/m1/s1. The van der Waals surface area contributed by atoms with Gasteiger partial charge in [0.2, 0.25) is 11.8 Å². The van der Waals surface area contributed by atoms with E-state index in [-0.39, 0.29) is 47.3 Å². The Kier molecular flexibility index (Phi) is 6.46. The molecule has 2 atom stereocenters. The topological polar surface area (TPSA) is 75.1 Å². The van der Waals surface area contributed by atoms with E-state index in [9.17, 15) is 14.4 Å². The molecule has 2 aromatic rings. The molecule has 0 radical (unpaired) electrons. The first-order chi connectivity index (χ1) is 17.2. The number of benzene rings is 1. The number of carbonyl (C=O) groups excluding carboxylic acids is 2. The summed E-state index contributed by atoms with van der Waals surface area (Å²) in [7, 11) is 3.29. The highest BCUT2D eigenvalue weighted by Crippen LogP contribution is 2.40. The normalized spacial score (nSPS) is 23.6. The van der Waals surface area contributed by atoms with Gasteiger partial charge in [-0.2, -0.15) is 0 Å². The Labute approximate surface area is 216 Å². The van der Waals surface area contributed by atoms with Gasteiger partial charge in [0.1, 0.15) is 11.2 Å². The molecule has 2 saturated heterocycles. The van der Waals surface area contributed by atoms with Crippen molar-refractivity contribution in [1.82, 2.24) is 19.3 Å². The van der Waals surface area contributed by atoms with Crippen LogP contribution in [0.25, 0.3) is 0 Å². The summed E-state index contributed by atoms with van der Waals surface area (Å²) in [5.74, 6) is 0.588. The van der Waals surface area contributed by atoms with Crippen molar-refractivity contribution in [3.63, 3.8) is 0 Å². The summed E-state index contributed by atoms with van der Waals surface area (Å²) < 4.78 is 7.74. The number of fused-ring (bicyclic) bond motifs is 4. The van der Waals surface area contributed by atoms with Gasteiger partial charge in [-0.1, -0.05) is 24.3 Å². The van der Waals surface area contributed by atoms with Gasteiger partial charge in [0.25, 0.3) is 5.56 Å². The molecule has 2 bridgehead atoms. The van der Waals surface area contributed by atoms with Gasteiger partial charge in [-0.3, -0.25) is 24.2 Å². The highest BCUT2D eigenvalue weighted by Gasteiger charge is 2.55. The lowest BCUT2D eigenvalue weighted by Crippen LogP contribution is -2.67. The third-order valence-electron chi connectivity index (χ3n) is 7.82. The van der Waals surface area contributed by atoms with Gasteiger partial charge in [0.05, 0.1) is 6.61 Å². The van der Waals surface area contributed by atoms with Crippen molar-refractivity contribution < 1.29 is 14.3 Å². The SMILES string of the molecule is CCOc1ccccc1CC1(CN2C[C@H]3C[C@@H](C2)c2cccc(=O)n2C3)C(=O)N(C)C(=S)N(C)C1=O. The molecule has 5 rings (SSSR count). The van der Waals surface area contributed by atoms with Gasteiger partial charge < -0.3 is 14.2 Å². The molecule has 0 saturated carbocycles. The summed E-state index contributed by atoms with van der Waals surface area (Å²) >= 11 is 5.40. The van der Waals surface area contributed by atoms with Crippen molar-refractivity contribution in [2.75, 3.05) is 40.3 Å². The van der Waals surface area contributed by atoms with E-state index in [1.807, 2.05) is 47.9 Å². The van der Waals surface area contributed by atoms with Gasteiger partial charge in [-0.15, -0.1) is 0 Å². The van der Waals surface area contributed by atoms with E-state index in [0.717, 1.165) is 24.2 Å². The number of nitrogens with zero attached hydrogens (tertiary/aromatic N) is 4. The molecule has 9 heteroatoms. The molecular weight excluding hydrogens is 476 g/mol. The predicted molar refractivity (Wildman–Crippen MR) is 140 cm³/mol. The number of likely N-dealkylation sites (tertiary alicyclic amines) is 1. The van der Waals surface area contributed by atoms with Crippen molar-refractivity contribution in [2.24, 2.45) is 11.3 Å². The van der Waals surface area contributed by atoms with E-state index in [4.69, 9.17) is 17.0 Å². The summed E-state index contributed by atoms with van der Waals surface area (Å²) in [6.07, 6.45) is 1.23. The molecular formula is C27H32N4O4S. The van der Waals surface area contributed by atoms with Crippen LogP contribution in [0, 0.1) is 11.3 Å². The minimum Gasteiger partial charge on any atom is -0.494 e. The maximum absolute atomic E-state index is 13.9. The van der Waals surface area contributed by atoms with Crippen LogP contribution in [0.15, 0.2) is 47.3 Å². The molecule has 8 nitrogen and oxygen atoms in total. The summed E-state index contributed by atoms with van der Waals surface area (Å²) in [5, 5.41) is 0.211. The van der Waals surface area contributed by atoms with Crippen LogP contribution in [0.5, 0.6) is 5.75 Å². The van der Waals surface area contributed by atoms with E-state index in [1.54, 1.807) is 20.2 Å². The lowest BCUT2D eigenvalue weighted by molar-refractivity contribution is -0.157. The van der Waals surface area contributed by atoms with Crippen LogP contribution in [0.2, 0.25) is 0 Å². The number of para-hydroxylation sites is 1. The highest BCUT2D eigenvalue weighted by atomic mass is 32.1. The van der Waals surface area contributed by atoms with Gasteiger partial charge in [0, 0.05) is 64.4 Å². The Morgan fingerprint density at radius 2 is 1.69 bits per heavy atom. The molecule has 190 valence electrons. The third-order valence-corrected chi connectivity index (χ3v) is 8.36. The van der Waals surface area contributed by atoms with E-state index >= 15 is 0 Å².